The van der Waals surface area contributed by atoms with Gasteiger partial charge in [0.1, 0.15) is 5.69 Å². The van der Waals surface area contributed by atoms with Crippen LogP contribution in [-0.2, 0) is 0 Å². The summed E-state index contributed by atoms with van der Waals surface area (Å²) in [4.78, 5) is 29.8. The van der Waals surface area contributed by atoms with Gasteiger partial charge >= 0.3 is 0 Å². The number of para-hydroxylation sites is 1. The molecule has 1 aromatic heterocycles. The monoisotopic (exact) mass is 316 g/mol. The molecule has 4 nitrogen and oxygen atoms in total. The number of carbonyl (C=O) groups excluding carboxylic acids is 1. The van der Waals surface area contributed by atoms with E-state index in [1.54, 1.807) is 11.0 Å². The molecule has 0 unspecified atom stereocenters. The number of carbonyl (C=O) groups is 1. The number of pyridine rings is 1. The van der Waals surface area contributed by atoms with Gasteiger partial charge in [0.05, 0.1) is 0 Å². The topological polar surface area (TPSA) is 53.2 Å². The SMILES string of the molecule is O=C(c1cc(=O)c2ccccc2[nH]1)N1CC=C(c2ccccc2)C1. The summed E-state index contributed by atoms with van der Waals surface area (Å²) < 4.78 is 0. The first-order valence-corrected chi connectivity index (χ1v) is 7.88. The van der Waals surface area contributed by atoms with Crippen LogP contribution >= 0.6 is 0 Å². The van der Waals surface area contributed by atoms with Crippen molar-refractivity contribution in [3.63, 3.8) is 0 Å². The third-order valence-electron chi connectivity index (χ3n) is 4.32. The van der Waals surface area contributed by atoms with E-state index in [0.29, 0.717) is 29.7 Å². The molecule has 0 spiro atoms. The zero-order valence-electron chi connectivity index (χ0n) is 13.0. The normalized spacial score (nSPS) is 14.0. The number of rotatable bonds is 2. The van der Waals surface area contributed by atoms with Gasteiger partial charge in [-0.05, 0) is 23.3 Å². The molecule has 1 aliphatic rings. The molecule has 0 radical (unpaired) electrons. The highest BCUT2D eigenvalue weighted by molar-refractivity contribution is 5.96. The third kappa shape index (κ3) is 2.52. The number of hydrogen-bond donors (Lipinski definition) is 1. The summed E-state index contributed by atoms with van der Waals surface area (Å²) in [6.45, 7) is 1.11. The summed E-state index contributed by atoms with van der Waals surface area (Å²) in [7, 11) is 0. The molecule has 0 bridgehead atoms. The maximum Gasteiger partial charge on any atom is 0.271 e. The van der Waals surface area contributed by atoms with Gasteiger partial charge in [0.15, 0.2) is 5.43 Å². The van der Waals surface area contributed by atoms with Crippen LogP contribution in [0.25, 0.3) is 16.5 Å². The van der Waals surface area contributed by atoms with Crippen LogP contribution in [0.2, 0.25) is 0 Å². The molecule has 0 saturated carbocycles. The van der Waals surface area contributed by atoms with E-state index in [9.17, 15) is 9.59 Å². The zero-order valence-corrected chi connectivity index (χ0v) is 13.0. The van der Waals surface area contributed by atoms with Crippen molar-refractivity contribution in [3.05, 3.63) is 88.2 Å². The van der Waals surface area contributed by atoms with E-state index in [2.05, 4.69) is 11.1 Å². The lowest BCUT2D eigenvalue weighted by Crippen LogP contribution is -2.30. The van der Waals surface area contributed by atoms with Crippen molar-refractivity contribution in [3.8, 4) is 0 Å². The molecule has 1 aliphatic heterocycles. The van der Waals surface area contributed by atoms with Crippen LogP contribution in [0.3, 0.4) is 0 Å². The molecule has 0 aliphatic carbocycles. The quantitative estimate of drug-likeness (QED) is 0.790. The number of aromatic amines is 1. The van der Waals surface area contributed by atoms with Crippen molar-refractivity contribution < 1.29 is 4.79 Å². The van der Waals surface area contributed by atoms with Gasteiger partial charge in [0.25, 0.3) is 5.91 Å². The molecule has 0 atom stereocenters. The van der Waals surface area contributed by atoms with Crippen LogP contribution in [0, 0.1) is 0 Å². The third-order valence-corrected chi connectivity index (χ3v) is 4.32. The van der Waals surface area contributed by atoms with E-state index in [1.165, 1.54) is 6.07 Å². The van der Waals surface area contributed by atoms with Crippen LogP contribution < -0.4 is 5.43 Å². The van der Waals surface area contributed by atoms with E-state index in [4.69, 9.17) is 0 Å². The molecule has 2 heterocycles. The lowest BCUT2D eigenvalue weighted by molar-refractivity contribution is 0.0796. The minimum Gasteiger partial charge on any atom is -0.350 e. The Hall–Kier alpha value is -3.14. The van der Waals surface area contributed by atoms with Crippen molar-refractivity contribution >= 4 is 22.4 Å². The van der Waals surface area contributed by atoms with Gasteiger partial charge in [-0.2, -0.15) is 0 Å². The van der Waals surface area contributed by atoms with E-state index in [-0.39, 0.29) is 11.3 Å². The van der Waals surface area contributed by atoms with Gasteiger partial charge in [-0.3, -0.25) is 9.59 Å². The predicted octanol–water partition coefficient (Wildman–Crippen LogP) is 3.07. The Morgan fingerprint density at radius 3 is 2.58 bits per heavy atom. The van der Waals surface area contributed by atoms with E-state index in [1.807, 2.05) is 48.5 Å². The lowest BCUT2D eigenvalue weighted by atomic mass is 10.1. The van der Waals surface area contributed by atoms with Gasteiger partial charge in [-0.15, -0.1) is 0 Å². The van der Waals surface area contributed by atoms with Crippen LogP contribution in [-0.4, -0.2) is 28.9 Å². The second kappa shape index (κ2) is 5.81. The molecular formula is C20H16N2O2. The Balaban J connectivity index is 1.61. The summed E-state index contributed by atoms with van der Waals surface area (Å²) in [5.74, 6) is -0.153. The van der Waals surface area contributed by atoms with Crippen LogP contribution in [0.5, 0.6) is 0 Å². The smallest absolute Gasteiger partial charge is 0.271 e. The molecule has 0 fully saturated rings. The Labute approximate surface area is 139 Å². The second-order valence-electron chi connectivity index (χ2n) is 5.87. The van der Waals surface area contributed by atoms with Crippen LogP contribution in [0.1, 0.15) is 16.1 Å². The van der Waals surface area contributed by atoms with Crippen molar-refractivity contribution in [2.45, 2.75) is 0 Å². The molecule has 118 valence electrons. The van der Waals surface area contributed by atoms with Crippen molar-refractivity contribution in [1.29, 1.82) is 0 Å². The first kappa shape index (κ1) is 14.5. The van der Waals surface area contributed by atoms with E-state index in [0.717, 1.165) is 11.1 Å². The molecule has 1 N–H and O–H groups in total. The lowest BCUT2D eigenvalue weighted by Gasteiger charge is -2.16. The van der Waals surface area contributed by atoms with Gasteiger partial charge in [-0.25, -0.2) is 0 Å². The first-order valence-electron chi connectivity index (χ1n) is 7.88. The molecule has 3 aromatic rings. The highest BCUT2D eigenvalue weighted by Gasteiger charge is 2.22. The summed E-state index contributed by atoms with van der Waals surface area (Å²) in [6.07, 6.45) is 2.06. The fraction of sp³-hybridized carbons (Fsp3) is 0.100. The highest BCUT2D eigenvalue weighted by Crippen LogP contribution is 2.22. The van der Waals surface area contributed by atoms with Gasteiger partial charge in [-0.1, -0.05) is 48.5 Å². The minimum atomic E-state index is -0.153. The van der Waals surface area contributed by atoms with Crippen molar-refractivity contribution in [2.75, 3.05) is 13.1 Å². The Kier molecular flexibility index (Phi) is 3.50. The Morgan fingerprint density at radius 2 is 1.75 bits per heavy atom. The maximum absolute atomic E-state index is 12.7. The summed E-state index contributed by atoms with van der Waals surface area (Å²) in [6, 6.07) is 18.6. The Bertz CT molecular complexity index is 1000. The molecule has 2 aromatic carbocycles. The van der Waals surface area contributed by atoms with Gasteiger partial charge < -0.3 is 9.88 Å². The molecule has 24 heavy (non-hydrogen) atoms. The van der Waals surface area contributed by atoms with E-state index < -0.39 is 0 Å². The van der Waals surface area contributed by atoms with Crippen molar-refractivity contribution in [2.24, 2.45) is 0 Å². The largest absolute Gasteiger partial charge is 0.350 e. The number of benzene rings is 2. The average Bonchev–Trinajstić information content (AvgIpc) is 3.12. The molecule has 0 saturated heterocycles. The fourth-order valence-electron chi connectivity index (χ4n) is 3.05. The average molecular weight is 316 g/mol. The van der Waals surface area contributed by atoms with Crippen LogP contribution in [0.15, 0.2) is 71.5 Å². The second-order valence-corrected chi connectivity index (χ2v) is 5.87. The number of amides is 1. The van der Waals surface area contributed by atoms with Gasteiger partial charge in [0, 0.05) is 30.1 Å². The predicted molar refractivity (Wildman–Crippen MR) is 94.9 cm³/mol. The number of aromatic nitrogens is 1. The summed E-state index contributed by atoms with van der Waals surface area (Å²) in [5, 5.41) is 0.596. The molecule has 4 heteroatoms. The number of nitrogens with one attached hydrogen (secondary N) is 1. The maximum atomic E-state index is 12.7. The van der Waals surface area contributed by atoms with Crippen LogP contribution in [0.4, 0.5) is 0 Å². The highest BCUT2D eigenvalue weighted by atomic mass is 16.2. The minimum absolute atomic E-state index is 0.136. The van der Waals surface area contributed by atoms with E-state index >= 15 is 0 Å². The standard InChI is InChI=1S/C20H16N2O2/c23-19-12-18(21-17-9-5-4-8-16(17)19)20(24)22-11-10-15(13-22)14-6-2-1-3-7-14/h1-10,12H,11,13H2,(H,21,23). The number of hydrogen-bond acceptors (Lipinski definition) is 2. The zero-order chi connectivity index (χ0) is 16.5. The number of H-pyrrole nitrogens is 1. The molecule has 4 rings (SSSR count). The van der Waals surface area contributed by atoms with Crippen molar-refractivity contribution in [1.82, 2.24) is 9.88 Å². The summed E-state index contributed by atoms with van der Waals surface area (Å²) >= 11 is 0. The number of fused-ring (bicyclic) bond motifs is 1. The Morgan fingerprint density at radius 1 is 1.00 bits per heavy atom. The van der Waals surface area contributed by atoms with Gasteiger partial charge in [0.2, 0.25) is 0 Å². The molecule has 1 amide bonds. The summed E-state index contributed by atoms with van der Waals surface area (Å²) in [5.41, 5.74) is 3.14. The first-order chi connectivity index (χ1) is 11.7. The molecular weight excluding hydrogens is 300 g/mol. The number of nitrogens with zero attached hydrogens (tertiary/aromatic N) is 1. The fourth-order valence-corrected chi connectivity index (χ4v) is 3.05.